The van der Waals surface area contributed by atoms with Gasteiger partial charge in [-0.15, -0.1) is 0 Å². The minimum absolute atomic E-state index is 0.0166. The Morgan fingerprint density at radius 2 is 1.97 bits per heavy atom. The zero-order chi connectivity index (χ0) is 25.4. The van der Waals surface area contributed by atoms with E-state index in [-0.39, 0.29) is 23.3 Å². The second kappa shape index (κ2) is 9.64. The van der Waals surface area contributed by atoms with E-state index < -0.39 is 0 Å². The van der Waals surface area contributed by atoms with E-state index in [1.165, 1.54) is 17.3 Å². The van der Waals surface area contributed by atoms with Gasteiger partial charge in [-0.25, -0.2) is 19.7 Å². The van der Waals surface area contributed by atoms with Crippen molar-refractivity contribution < 1.29 is 4.79 Å². The number of nitrogens with two attached hydrogens (primary N) is 3. The van der Waals surface area contributed by atoms with Crippen LogP contribution in [0, 0.1) is 5.41 Å². The number of amides is 2. The number of hydrogen-bond acceptors (Lipinski definition) is 9. The molecule has 1 spiro atoms. The lowest BCUT2D eigenvalue weighted by molar-refractivity contribution is 0.187. The molecule has 1 atom stereocenters. The normalized spacial score (nSPS) is 18.2. The number of fused-ring (bicyclic) bond motifs is 1. The van der Waals surface area contributed by atoms with E-state index in [1.54, 1.807) is 25.5 Å². The highest BCUT2D eigenvalue weighted by Gasteiger charge is 2.46. The van der Waals surface area contributed by atoms with Crippen molar-refractivity contribution in [3.8, 4) is 0 Å². The third-order valence-corrected chi connectivity index (χ3v) is 8.67. The monoisotopic (exact) mass is 525 g/mol. The first-order chi connectivity index (χ1) is 17.3. The van der Waals surface area contributed by atoms with Crippen LogP contribution in [0.15, 0.2) is 46.6 Å². The van der Waals surface area contributed by atoms with Gasteiger partial charge in [0.2, 0.25) is 0 Å². The van der Waals surface area contributed by atoms with Crippen molar-refractivity contribution in [2.24, 2.45) is 11.1 Å². The molecule has 0 unspecified atom stereocenters. The number of pyridine rings is 1. The van der Waals surface area contributed by atoms with E-state index in [0.29, 0.717) is 15.9 Å². The van der Waals surface area contributed by atoms with Gasteiger partial charge in [0, 0.05) is 43.0 Å². The van der Waals surface area contributed by atoms with Gasteiger partial charge in [0.05, 0.1) is 11.2 Å². The van der Waals surface area contributed by atoms with Gasteiger partial charge in [0.1, 0.15) is 16.7 Å². The van der Waals surface area contributed by atoms with E-state index in [0.717, 1.165) is 54.3 Å². The molecule has 1 aliphatic carbocycles. The number of anilines is 4. The van der Waals surface area contributed by atoms with E-state index in [4.69, 9.17) is 28.8 Å². The van der Waals surface area contributed by atoms with Crippen molar-refractivity contribution in [1.29, 1.82) is 0 Å². The number of aromatic nitrogens is 3. The predicted molar refractivity (Wildman–Crippen MR) is 143 cm³/mol. The van der Waals surface area contributed by atoms with Gasteiger partial charge in [0.25, 0.3) is 0 Å². The number of rotatable bonds is 4. The van der Waals surface area contributed by atoms with Crippen LogP contribution < -0.4 is 32.7 Å². The first-order valence-electron chi connectivity index (χ1n) is 11.6. The summed E-state index contributed by atoms with van der Waals surface area (Å²) in [5.74, 6) is 1.34. The molecule has 1 aliphatic heterocycles. The number of hydrogen-bond donors (Lipinski definition) is 5. The van der Waals surface area contributed by atoms with Crippen LogP contribution in [0.5, 0.6) is 0 Å². The minimum Gasteiger partial charge on any atom is -0.382 e. The maximum Gasteiger partial charge on any atom is 0.318 e. The molecular weight excluding hydrogens is 498 g/mol. The molecule has 1 fully saturated rings. The molecular formula is C24H28ClN9OS. The molecule has 0 radical (unpaired) electrons. The highest BCUT2D eigenvalue weighted by Crippen LogP contribution is 2.51. The van der Waals surface area contributed by atoms with Crippen molar-refractivity contribution in [1.82, 2.24) is 20.3 Å². The van der Waals surface area contributed by atoms with Crippen LogP contribution in [0.25, 0.3) is 0 Å². The Hall–Kier alpha value is -3.28. The van der Waals surface area contributed by atoms with Gasteiger partial charge in [-0.1, -0.05) is 29.4 Å². The number of halogens is 1. The SMILES string of the molecule is CNC(=O)Nc1ccc2c(c1)[C@@H](N)C1(CCN(c3cnc(Sc4ccnc(N)c4Cl)c(N)n3)CC1)C2. The maximum absolute atomic E-state index is 11.7. The second-order valence-corrected chi connectivity index (χ2v) is 10.6. The van der Waals surface area contributed by atoms with Crippen molar-refractivity contribution in [3.63, 3.8) is 0 Å². The van der Waals surface area contributed by atoms with Crippen LogP contribution in [-0.4, -0.2) is 41.1 Å². The largest absolute Gasteiger partial charge is 0.382 e. The zero-order valence-electron chi connectivity index (χ0n) is 19.8. The van der Waals surface area contributed by atoms with Crippen LogP contribution in [0.1, 0.15) is 30.0 Å². The van der Waals surface area contributed by atoms with Gasteiger partial charge in [-0.3, -0.25) is 0 Å². The molecule has 1 saturated heterocycles. The lowest BCUT2D eigenvalue weighted by Crippen LogP contribution is -2.44. The first kappa shape index (κ1) is 24.4. The number of carbonyl (C=O) groups is 1. The molecule has 0 saturated carbocycles. The summed E-state index contributed by atoms with van der Waals surface area (Å²) in [7, 11) is 1.59. The molecule has 188 valence electrons. The number of piperidine rings is 1. The average molecular weight is 526 g/mol. The molecule has 3 aromatic rings. The van der Waals surface area contributed by atoms with Gasteiger partial charge in [-0.2, -0.15) is 0 Å². The van der Waals surface area contributed by atoms with Crippen molar-refractivity contribution >= 4 is 52.5 Å². The molecule has 1 aromatic carbocycles. The summed E-state index contributed by atoms with van der Waals surface area (Å²) in [4.78, 5) is 27.8. The molecule has 0 bridgehead atoms. The van der Waals surface area contributed by atoms with E-state index in [2.05, 4.69) is 36.6 Å². The fourth-order valence-corrected chi connectivity index (χ4v) is 6.06. The number of nitrogens with zero attached hydrogens (tertiary/aromatic N) is 4. The van der Waals surface area contributed by atoms with Gasteiger partial charge >= 0.3 is 6.03 Å². The summed E-state index contributed by atoms with van der Waals surface area (Å²) >= 11 is 7.56. The van der Waals surface area contributed by atoms with Gasteiger partial charge in [-0.05, 0) is 54.0 Å². The van der Waals surface area contributed by atoms with E-state index in [9.17, 15) is 4.79 Å². The lowest BCUT2D eigenvalue weighted by atomic mass is 9.73. The Bertz CT molecular complexity index is 1310. The van der Waals surface area contributed by atoms with Gasteiger partial charge in [0.15, 0.2) is 5.82 Å². The number of urea groups is 1. The Labute approximate surface area is 218 Å². The molecule has 2 aliphatic rings. The second-order valence-electron chi connectivity index (χ2n) is 9.15. The quantitative estimate of drug-likeness (QED) is 0.343. The minimum atomic E-state index is -0.248. The number of nitrogen functional groups attached to an aromatic ring is 2. The number of benzene rings is 1. The van der Waals surface area contributed by atoms with Crippen molar-refractivity contribution in [2.75, 3.05) is 41.8 Å². The third-order valence-electron chi connectivity index (χ3n) is 7.09. The summed E-state index contributed by atoms with van der Waals surface area (Å²) in [6.07, 6.45) is 6.11. The van der Waals surface area contributed by atoms with Crippen molar-refractivity contribution in [3.05, 3.63) is 52.8 Å². The zero-order valence-corrected chi connectivity index (χ0v) is 21.4. The van der Waals surface area contributed by atoms with Crippen LogP contribution in [-0.2, 0) is 6.42 Å². The predicted octanol–water partition coefficient (Wildman–Crippen LogP) is 3.43. The maximum atomic E-state index is 11.7. The topological polar surface area (TPSA) is 161 Å². The van der Waals surface area contributed by atoms with Crippen LogP contribution in [0.3, 0.4) is 0 Å². The Morgan fingerprint density at radius 1 is 1.19 bits per heavy atom. The summed E-state index contributed by atoms with van der Waals surface area (Å²) in [5.41, 5.74) is 21.9. The van der Waals surface area contributed by atoms with Crippen LogP contribution in [0.2, 0.25) is 5.02 Å². The highest BCUT2D eigenvalue weighted by molar-refractivity contribution is 7.99. The average Bonchev–Trinajstić information content (AvgIpc) is 3.14. The third kappa shape index (κ3) is 4.49. The molecule has 8 N–H and O–H groups in total. The van der Waals surface area contributed by atoms with Crippen LogP contribution >= 0.6 is 23.4 Å². The summed E-state index contributed by atoms with van der Waals surface area (Å²) in [5, 5.41) is 6.34. The molecule has 2 amide bonds. The standard InChI is InChI=1S/C24H28ClN9OS/c1-29-23(35)32-14-3-2-13-11-24(19(26)15(13)10-14)5-8-34(9-6-24)17-12-31-22(21(28)33-17)36-16-4-7-30-20(27)18(16)25/h2-4,7,10,12,19H,5-6,8-9,11,26H2,1H3,(H2,27,30)(H2,28,33)(H2,29,32,35)/t19-/m1/s1. The van der Waals surface area contributed by atoms with E-state index >= 15 is 0 Å². The molecule has 12 heteroatoms. The first-order valence-corrected chi connectivity index (χ1v) is 12.8. The Kier molecular flexibility index (Phi) is 6.54. The molecule has 3 heterocycles. The fraction of sp³-hybridized carbons (Fsp3) is 0.333. The smallest absolute Gasteiger partial charge is 0.318 e. The summed E-state index contributed by atoms with van der Waals surface area (Å²) in [6, 6.07) is 7.44. The molecule has 2 aromatic heterocycles. The number of nitrogens with one attached hydrogen (secondary N) is 2. The Balaban J connectivity index is 1.26. The highest BCUT2D eigenvalue weighted by atomic mass is 35.5. The Morgan fingerprint density at radius 3 is 2.69 bits per heavy atom. The molecule has 36 heavy (non-hydrogen) atoms. The fourth-order valence-electron chi connectivity index (χ4n) is 5.04. The summed E-state index contributed by atoms with van der Waals surface area (Å²) < 4.78 is 0. The van der Waals surface area contributed by atoms with Gasteiger partial charge < -0.3 is 32.7 Å². The number of carbonyl (C=O) groups excluding carboxylic acids is 1. The molecule has 5 rings (SSSR count). The van der Waals surface area contributed by atoms with Crippen LogP contribution in [0.4, 0.5) is 27.9 Å². The van der Waals surface area contributed by atoms with Crippen molar-refractivity contribution in [2.45, 2.75) is 35.2 Å². The van der Waals surface area contributed by atoms with E-state index in [1.807, 2.05) is 12.1 Å². The lowest BCUT2D eigenvalue weighted by Gasteiger charge is -2.42. The summed E-state index contributed by atoms with van der Waals surface area (Å²) in [6.45, 7) is 1.61. The molecule has 10 nitrogen and oxygen atoms in total.